The highest BCUT2D eigenvalue weighted by Gasteiger charge is 2.42. The molecule has 1 aliphatic heterocycles. The molecule has 1 heterocycles. The van der Waals surface area contributed by atoms with E-state index in [2.05, 4.69) is 18.9 Å². The Morgan fingerprint density at radius 1 is 1.35 bits per heavy atom. The highest BCUT2D eigenvalue weighted by Crippen LogP contribution is 2.43. The Kier molecular flexibility index (Phi) is 4.45. The fourth-order valence-corrected chi connectivity index (χ4v) is 3.27. The van der Waals surface area contributed by atoms with Crippen molar-refractivity contribution in [3.63, 3.8) is 0 Å². The molecule has 17 heavy (non-hydrogen) atoms. The predicted molar refractivity (Wildman–Crippen MR) is 71.1 cm³/mol. The van der Waals surface area contributed by atoms with Gasteiger partial charge in [0.25, 0.3) is 0 Å². The van der Waals surface area contributed by atoms with Gasteiger partial charge >= 0.3 is 0 Å². The normalized spacial score (nSPS) is 29.3. The van der Waals surface area contributed by atoms with E-state index in [1.807, 2.05) is 0 Å². The zero-order chi connectivity index (χ0) is 12.3. The Labute approximate surface area is 106 Å². The minimum absolute atomic E-state index is 0.284. The van der Waals surface area contributed by atoms with Gasteiger partial charge < -0.3 is 15.4 Å². The fourth-order valence-electron chi connectivity index (χ4n) is 3.27. The summed E-state index contributed by atoms with van der Waals surface area (Å²) in [6, 6.07) is 0.308. The first-order valence-electron chi connectivity index (χ1n) is 7.22. The lowest BCUT2D eigenvalue weighted by molar-refractivity contribution is -0.0452. The average molecular weight is 240 g/mol. The lowest BCUT2D eigenvalue weighted by Gasteiger charge is -2.26. The van der Waals surface area contributed by atoms with Crippen LogP contribution < -0.4 is 5.73 Å². The van der Waals surface area contributed by atoms with Crippen LogP contribution in [0.5, 0.6) is 0 Å². The number of nitrogens with two attached hydrogens (primary N) is 1. The third kappa shape index (κ3) is 3.67. The minimum atomic E-state index is 0.284. The maximum atomic E-state index is 6.31. The molecule has 100 valence electrons. The van der Waals surface area contributed by atoms with Gasteiger partial charge in [0.15, 0.2) is 0 Å². The van der Waals surface area contributed by atoms with Crippen molar-refractivity contribution >= 4 is 0 Å². The van der Waals surface area contributed by atoms with Gasteiger partial charge in [-0.1, -0.05) is 12.8 Å². The molecule has 0 amide bonds. The van der Waals surface area contributed by atoms with Crippen LogP contribution in [-0.4, -0.2) is 42.8 Å². The van der Waals surface area contributed by atoms with E-state index < -0.39 is 0 Å². The van der Waals surface area contributed by atoms with E-state index in [1.165, 1.54) is 38.5 Å². The number of rotatable bonds is 5. The summed E-state index contributed by atoms with van der Waals surface area (Å²) in [5, 5.41) is 0. The second kappa shape index (κ2) is 5.68. The van der Waals surface area contributed by atoms with Crippen molar-refractivity contribution in [2.45, 2.75) is 69.6 Å². The zero-order valence-electron chi connectivity index (χ0n) is 11.5. The summed E-state index contributed by atoms with van der Waals surface area (Å²) in [6.07, 6.45) is 9.42. The van der Waals surface area contributed by atoms with E-state index in [9.17, 15) is 0 Å². The maximum Gasteiger partial charge on any atom is 0.0710 e. The molecule has 0 aromatic carbocycles. The molecule has 0 bridgehead atoms. The van der Waals surface area contributed by atoms with Crippen molar-refractivity contribution < 1.29 is 4.74 Å². The lowest BCUT2D eigenvalue weighted by Crippen LogP contribution is -2.34. The molecule has 1 spiro atoms. The summed E-state index contributed by atoms with van der Waals surface area (Å²) in [7, 11) is 2.19. The molecule has 1 saturated heterocycles. The number of hydrogen-bond donors (Lipinski definition) is 1. The van der Waals surface area contributed by atoms with E-state index in [-0.39, 0.29) is 5.60 Å². The van der Waals surface area contributed by atoms with Gasteiger partial charge in [0, 0.05) is 12.6 Å². The average Bonchev–Trinajstić information content (AvgIpc) is 2.87. The molecule has 2 aliphatic rings. The summed E-state index contributed by atoms with van der Waals surface area (Å²) >= 11 is 0. The smallest absolute Gasteiger partial charge is 0.0710 e. The molecule has 0 aromatic rings. The molecule has 0 radical (unpaired) electrons. The number of nitrogens with zero attached hydrogens (tertiary/aromatic N) is 1. The molecule has 2 unspecified atom stereocenters. The van der Waals surface area contributed by atoms with Crippen LogP contribution in [0.1, 0.15) is 51.9 Å². The highest BCUT2D eigenvalue weighted by atomic mass is 16.5. The third-order valence-electron chi connectivity index (χ3n) is 4.33. The molecule has 2 fully saturated rings. The van der Waals surface area contributed by atoms with Crippen LogP contribution in [0, 0.1) is 0 Å². The highest BCUT2D eigenvalue weighted by molar-refractivity contribution is 4.93. The van der Waals surface area contributed by atoms with Gasteiger partial charge in [0.1, 0.15) is 0 Å². The minimum Gasteiger partial charge on any atom is -0.370 e. The number of ether oxygens (including phenoxy) is 1. The molecule has 0 aromatic heterocycles. The van der Waals surface area contributed by atoms with E-state index in [0.717, 1.165) is 19.5 Å². The Morgan fingerprint density at radius 3 is 2.71 bits per heavy atom. The van der Waals surface area contributed by atoms with E-state index in [0.29, 0.717) is 12.1 Å². The molecule has 2 N–H and O–H groups in total. The van der Waals surface area contributed by atoms with E-state index in [4.69, 9.17) is 10.5 Å². The maximum absolute atomic E-state index is 6.31. The van der Waals surface area contributed by atoms with E-state index >= 15 is 0 Å². The Bertz CT molecular complexity index is 236. The summed E-state index contributed by atoms with van der Waals surface area (Å²) in [5.74, 6) is 0. The predicted octanol–water partition coefficient (Wildman–Crippen LogP) is 2.15. The van der Waals surface area contributed by atoms with Gasteiger partial charge in [-0.05, 0) is 52.6 Å². The monoisotopic (exact) mass is 240 g/mol. The second-order valence-corrected chi connectivity index (χ2v) is 6.20. The molecule has 1 aliphatic carbocycles. The zero-order valence-corrected chi connectivity index (χ0v) is 11.5. The van der Waals surface area contributed by atoms with Crippen LogP contribution >= 0.6 is 0 Å². The van der Waals surface area contributed by atoms with Crippen LogP contribution in [0.2, 0.25) is 0 Å². The Morgan fingerprint density at radius 2 is 2.06 bits per heavy atom. The molecule has 1 saturated carbocycles. The molecular weight excluding hydrogens is 212 g/mol. The lowest BCUT2D eigenvalue weighted by atomic mass is 9.98. The quantitative estimate of drug-likeness (QED) is 0.800. The first-order chi connectivity index (χ1) is 8.10. The molecule has 3 nitrogen and oxygen atoms in total. The van der Waals surface area contributed by atoms with Crippen LogP contribution in [0.4, 0.5) is 0 Å². The Hall–Kier alpha value is -0.120. The standard InChI is InChI=1S/C14H28N2O/c1-12(15)6-10-16(2)11-13-5-9-14(17-13)7-3-4-8-14/h12-13H,3-11,15H2,1-2H3. The SMILES string of the molecule is CC(N)CCN(C)CC1CCC2(CCCC2)O1. The first-order valence-corrected chi connectivity index (χ1v) is 7.22. The van der Waals surface area contributed by atoms with Crippen LogP contribution in [0.15, 0.2) is 0 Å². The van der Waals surface area contributed by atoms with Crippen molar-refractivity contribution in [2.75, 3.05) is 20.1 Å². The van der Waals surface area contributed by atoms with Crippen LogP contribution in [0.25, 0.3) is 0 Å². The number of likely N-dealkylation sites (N-methyl/N-ethyl adjacent to an activating group) is 1. The van der Waals surface area contributed by atoms with E-state index in [1.54, 1.807) is 0 Å². The van der Waals surface area contributed by atoms with Gasteiger partial charge in [-0.2, -0.15) is 0 Å². The summed E-state index contributed by atoms with van der Waals surface area (Å²) in [5.41, 5.74) is 6.07. The fraction of sp³-hybridized carbons (Fsp3) is 1.00. The van der Waals surface area contributed by atoms with Gasteiger partial charge in [0.2, 0.25) is 0 Å². The summed E-state index contributed by atoms with van der Waals surface area (Å²) in [6.45, 7) is 4.24. The van der Waals surface area contributed by atoms with Crippen molar-refractivity contribution in [3.05, 3.63) is 0 Å². The summed E-state index contributed by atoms with van der Waals surface area (Å²) in [4.78, 5) is 2.38. The molecular formula is C14H28N2O. The van der Waals surface area contributed by atoms with Gasteiger partial charge in [0.05, 0.1) is 11.7 Å². The molecule has 2 atom stereocenters. The van der Waals surface area contributed by atoms with Crippen LogP contribution in [0.3, 0.4) is 0 Å². The second-order valence-electron chi connectivity index (χ2n) is 6.20. The topological polar surface area (TPSA) is 38.5 Å². The molecule has 2 rings (SSSR count). The largest absolute Gasteiger partial charge is 0.370 e. The Balaban J connectivity index is 1.70. The van der Waals surface area contributed by atoms with Crippen molar-refractivity contribution in [3.8, 4) is 0 Å². The molecule has 3 heteroatoms. The van der Waals surface area contributed by atoms with Crippen molar-refractivity contribution in [1.29, 1.82) is 0 Å². The van der Waals surface area contributed by atoms with Crippen molar-refractivity contribution in [2.24, 2.45) is 5.73 Å². The van der Waals surface area contributed by atoms with Gasteiger partial charge in [-0.15, -0.1) is 0 Å². The van der Waals surface area contributed by atoms with Crippen LogP contribution in [-0.2, 0) is 4.74 Å². The van der Waals surface area contributed by atoms with Gasteiger partial charge in [-0.25, -0.2) is 0 Å². The van der Waals surface area contributed by atoms with Crippen molar-refractivity contribution in [1.82, 2.24) is 4.90 Å². The number of hydrogen-bond acceptors (Lipinski definition) is 3. The third-order valence-corrected chi connectivity index (χ3v) is 4.33. The van der Waals surface area contributed by atoms with Gasteiger partial charge in [-0.3, -0.25) is 0 Å². The first kappa shape index (κ1) is 13.3. The summed E-state index contributed by atoms with van der Waals surface area (Å²) < 4.78 is 6.31.